The molecule has 0 aliphatic heterocycles. The van der Waals surface area contributed by atoms with Gasteiger partial charge in [-0.2, -0.15) is 0 Å². The fourth-order valence-electron chi connectivity index (χ4n) is 1.28. The molecule has 7 heteroatoms. The lowest BCUT2D eigenvalue weighted by atomic mass is 10.1. The number of aromatic nitrogens is 2. The van der Waals surface area contributed by atoms with Crippen LogP contribution in [0.25, 0.3) is 0 Å². The van der Waals surface area contributed by atoms with Crippen LogP contribution in [0.2, 0.25) is 0 Å². The largest absolute Gasteiger partial charge is 0.336 e. The van der Waals surface area contributed by atoms with Crippen LogP contribution in [0.3, 0.4) is 0 Å². The highest BCUT2D eigenvalue weighted by Crippen LogP contribution is 2.09. The molecule has 0 saturated carbocycles. The summed E-state index contributed by atoms with van der Waals surface area (Å²) in [4.78, 5) is 3.88. The molecule has 6 nitrogen and oxygen atoms in total. The maximum Gasteiger partial charge on any atom is 0.259 e. The molecular formula is C10H20N4O2S. The molecule has 0 saturated heterocycles. The number of nitrogens with zero attached hydrogens (tertiary/aromatic N) is 2. The number of rotatable bonds is 6. The molecule has 0 radical (unpaired) electrons. The highest BCUT2D eigenvalue weighted by atomic mass is 32.2. The van der Waals surface area contributed by atoms with Crippen LogP contribution >= 0.6 is 0 Å². The van der Waals surface area contributed by atoms with Crippen LogP contribution in [0.15, 0.2) is 17.6 Å². The van der Waals surface area contributed by atoms with Gasteiger partial charge in [0, 0.05) is 18.8 Å². The molecular weight excluding hydrogens is 240 g/mol. The van der Waals surface area contributed by atoms with Gasteiger partial charge in [0.25, 0.3) is 10.0 Å². The maximum absolute atomic E-state index is 12.0. The minimum absolute atomic E-state index is 0.0513. The first kappa shape index (κ1) is 14.1. The number of hydrogen-bond acceptors (Lipinski definition) is 4. The summed E-state index contributed by atoms with van der Waals surface area (Å²) in [7, 11) is -3.54. The van der Waals surface area contributed by atoms with Gasteiger partial charge in [0.05, 0.1) is 6.33 Å². The Kier molecular flexibility index (Phi) is 4.67. The molecule has 98 valence electrons. The fourth-order valence-corrected chi connectivity index (χ4v) is 2.58. The van der Waals surface area contributed by atoms with Gasteiger partial charge in [-0.05, 0) is 26.3 Å². The van der Waals surface area contributed by atoms with E-state index in [1.807, 2.05) is 13.8 Å². The van der Waals surface area contributed by atoms with Crippen LogP contribution in [0.1, 0.15) is 20.8 Å². The van der Waals surface area contributed by atoms with E-state index in [4.69, 9.17) is 5.73 Å². The summed E-state index contributed by atoms with van der Waals surface area (Å²) in [5, 5.41) is 0.0513. The summed E-state index contributed by atoms with van der Waals surface area (Å²) < 4.78 is 28.2. The Bertz CT molecular complexity index is 455. The Balaban J connectivity index is 2.81. The second-order valence-corrected chi connectivity index (χ2v) is 5.83. The Morgan fingerprint density at radius 2 is 2.18 bits per heavy atom. The number of nitrogens with two attached hydrogens (primary N) is 1. The quantitative estimate of drug-likeness (QED) is 0.762. The molecule has 3 N–H and O–H groups in total. The van der Waals surface area contributed by atoms with E-state index in [1.54, 1.807) is 11.5 Å². The highest BCUT2D eigenvalue weighted by molar-refractivity contribution is 7.89. The molecule has 17 heavy (non-hydrogen) atoms. The molecule has 0 aliphatic rings. The van der Waals surface area contributed by atoms with Crippen molar-refractivity contribution in [3.8, 4) is 0 Å². The zero-order valence-corrected chi connectivity index (χ0v) is 11.2. The third-order valence-corrected chi connectivity index (χ3v) is 4.26. The number of sulfonamides is 1. The molecule has 1 heterocycles. The van der Waals surface area contributed by atoms with Crippen molar-refractivity contribution in [2.75, 3.05) is 6.54 Å². The van der Waals surface area contributed by atoms with E-state index < -0.39 is 10.0 Å². The normalized spacial score (nSPS) is 15.8. The van der Waals surface area contributed by atoms with Gasteiger partial charge in [-0.1, -0.05) is 6.92 Å². The van der Waals surface area contributed by atoms with Gasteiger partial charge in [0.15, 0.2) is 5.03 Å². The average molecular weight is 260 g/mol. The molecule has 0 amide bonds. The van der Waals surface area contributed by atoms with E-state index in [2.05, 4.69) is 9.71 Å². The zero-order valence-electron chi connectivity index (χ0n) is 10.4. The van der Waals surface area contributed by atoms with Gasteiger partial charge in [-0.25, -0.2) is 18.1 Å². The van der Waals surface area contributed by atoms with Crippen molar-refractivity contribution in [2.24, 2.45) is 11.7 Å². The third-order valence-electron chi connectivity index (χ3n) is 2.82. The van der Waals surface area contributed by atoms with Crippen molar-refractivity contribution in [3.05, 3.63) is 12.5 Å². The molecule has 0 fully saturated rings. The Labute approximate surface area is 102 Å². The van der Waals surface area contributed by atoms with Crippen LogP contribution in [0.4, 0.5) is 0 Å². The summed E-state index contributed by atoms with van der Waals surface area (Å²) in [5.41, 5.74) is 5.50. The Morgan fingerprint density at radius 3 is 2.65 bits per heavy atom. The molecule has 1 aromatic rings. The lowest BCUT2D eigenvalue weighted by Crippen LogP contribution is -2.39. The standard InChI is InChI=1S/C10H20N4O2S/c1-4-14-6-10(12-7-14)17(15,16)13-9(3)8(2)5-11/h6-9,13H,4-5,11H2,1-3H3. The van der Waals surface area contributed by atoms with Crippen LogP contribution in [-0.4, -0.2) is 30.6 Å². The maximum atomic E-state index is 12.0. The Morgan fingerprint density at radius 1 is 1.53 bits per heavy atom. The van der Waals surface area contributed by atoms with E-state index in [0.717, 1.165) is 0 Å². The minimum Gasteiger partial charge on any atom is -0.336 e. The van der Waals surface area contributed by atoms with E-state index in [0.29, 0.717) is 13.1 Å². The van der Waals surface area contributed by atoms with Crippen molar-refractivity contribution in [3.63, 3.8) is 0 Å². The van der Waals surface area contributed by atoms with Gasteiger partial charge in [0.1, 0.15) is 0 Å². The van der Waals surface area contributed by atoms with Crippen molar-refractivity contribution in [1.82, 2.24) is 14.3 Å². The third kappa shape index (κ3) is 3.52. The minimum atomic E-state index is -3.54. The summed E-state index contributed by atoms with van der Waals surface area (Å²) in [6, 6.07) is -0.211. The summed E-state index contributed by atoms with van der Waals surface area (Å²) in [5.74, 6) is 0.0815. The zero-order chi connectivity index (χ0) is 13.1. The van der Waals surface area contributed by atoms with Crippen molar-refractivity contribution < 1.29 is 8.42 Å². The van der Waals surface area contributed by atoms with E-state index in [-0.39, 0.29) is 17.0 Å². The number of hydrogen-bond donors (Lipinski definition) is 2. The first-order valence-electron chi connectivity index (χ1n) is 5.65. The van der Waals surface area contributed by atoms with E-state index in [9.17, 15) is 8.42 Å². The summed E-state index contributed by atoms with van der Waals surface area (Å²) in [6.45, 7) is 6.75. The lowest BCUT2D eigenvalue weighted by molar-refractivity contribution is 0.452. The molecule has 2 unspecified atom stereocenters. The highest BCUT2D eigenvalue weighted by Gasteiger charge is 2.22. The molecule has 1 aromatic heterocycles. The Hall–Kier alpha value is -0.920. The molecule has 0 aromatic carbocycles. The van der Waals surface area contributed by atoms with Crippen LogP contribution < -0.4 is 10.5 Å². The molecule has 0 bridgehead atoms. The van der Waals surface area contributed by atoms with E-state index >= 15 is 0 Å². The fraction of sp³-hybridized carbons (Fsp3) is 0.700. The van der Waals surface area contributed by atoms with Crippen LogP contribution in [-0.2, 0) is 16.6 Å². The predicted octanol–water partition coefficient (Wildman–Crippen LogP) is 0.165. The molecule has 1 rings (SSSR count). The lowest BCUT2D eigenvalue weighted by Gasteiger charge is -2.18. The second-order valence-electron chi connectivity index (χ2n) is 4.17. The van der Waals surface area contributed by atoms with Gasteiger partial charge < -0.3 is 10.3 Å². The number of imidazole rings is 1. The summed E-state index contributed by atoms with van der Waals surface area (Å²) >= 11 is 0. The van der Waals surface area contributed by atoms with Crippen molar-refractivity contribution in [1.29, 1.82) is 0 Å². The van der Waals surface area contributed by atoms with Gasteiger partial charge in [-0.15, -0.1) is 0 Å². The number of aryl methyl sites for hydroxylation is 1. The predicted molar refractivity (Wildman–Crippen MR) is 65.9 cm³/mol. The smallest absolute Gasteiger partial charge is 0.259 e. The van der Waals surface area contributed by atoms with Crippen LogP contribution in [0.5, 0.6) is 0 Å². The summed E-state index contributed by atoms with van der Waals surface area (Å²) in [6.07, 6.45) is 3.02. The molecule has 0 aliphatic carbocycles. The van der Waals surface area contributed by atoms with Gasteiger partial charge in [-0.3, -0.25) is 0 Å². The first-order valence-corrected chi connectivity index (χ1v) is 7.13. The van der Waals surface area contributed by atoms with Crippen molar-refractivity contribution in [2.45, 2.75) is 38.4 Å². The molecule has 0 spiro atoms. The number of nitrogens with one attached hydrogen (secondary N) is 1. The van der Waals surface area contributed by atoms with Gasteiger partial charge in [0.2, 0.25) is 0 Å². The van der Waals surface area contributed by atoms with Crippen molar-refractivity contribution >= 4 is 10.0 Å². The topological polar surface area (TPSA) is 90.0 Å². The second kappa shape index (κ2) is 5.61. The monoisotopic (exact) mass is 260 g/mol. The molecule has 2 atom stereocenters. The first-order chi connectivity index (χ1) is 7.90. The van der Waals surface area contributed by atoms with Crippen LogP contribution in [0, 0.1) is 5.92 Å². The van der Waals surface area contributed by atoms with E-state index in [1.165, 1.54) is 12.5 Å². The van der Waals surface area contributed by atoms with Gasteiger partial charge >= 0.3 is 0 Å². The average Bonchev–Trinajstić information content (AvgIpc) is 2.76. The SMILES string of the molecule is CCn1cnc(S(=O)(=O)NC(C)C(C)CN)c1.